The Morgan fingerprint density at radius 3 is 2.37 bits per heavy atom. The Kier molecular flexibility index (Phi) is 8.26. The molecule has 2 N–H and O–H groups in total. The summed E-state index contributed by atoms with van der Waals surface area (Å²) in [6.45, 7) is 9.41. The third-order valence-electron chi connectivity index (χ3n) is 5.24. The second kappa shape index (κ2) is 9.99. The van der Waals surface area contributed by atoms with Crippen LogP contribution in [0.25, 0.3) is 0 Å². The van der Waals surface area contributed by atoms with Crippen LogP contribution in [0.5, 0.6) is 0 Å². The minimum Gasteiger partial charge on any atom is -0.447 e. The van der Waals surface area contributed by atoms with Gasteiger partial charge < -0.3 is 15.4 Å². The highest BCUT2D eigenvalue weighted by Crippen LogP contribution is 2.49. The molecule has 1 aromatic rings. The maximum absolute atomic E-state index is 11.6. The quantitative estimate of drug-likeness (QED) is 0.520. The number of nitrogens with one attached hydrogen (secondary N) is 2. The van der Waals surface area contributed by atoms with Gasteiger partial charge in [0.1, 0.15) is 0 Å². The van der Waals surface area contributed by atoms with Gasteiger partial charge in [0.25, 0.3) is 0 Å². The van der Waals surface area contributed by atoms with Crippen LogP contribution in [0.4, 0.5) is 4.79 Å². The number of carbonyl (C=O) groups is 1. The van der Waals surface area contributed by atoms with Gasteiger partial charge >= 0.3 is 6.09 Å². The number of rotatable bonds is 9. The first-order valence-electron chi connectivity index (χ1n) is 9.88. The minimum absolute atomic E-state index is 0.0803. The molecular weight excluding hydrogens is 383 g/mol. The van der Waals surface area contributed by atoms with Crippen molar-refractivity contribution in [3.63, 3.8) is 0 Å². The molecule has 1 unspecified atom stereocenters. The Balaban J connectivity index is 2.04. The van der Waals surface area contributed by atoms with Crippen LogP contribution in [0.3, 0.4) is 0 Å². The third kappa shape index (κ3) is 6.00. The van der Waals surface area contributed by atoms with E-state index < -0.39 is 0 Å². The van der Waals surface area contributed by atoms with Crippen molar-refractivity contribution in [2.45, 2.75) is 70.9 Å². The van der Waals surface area contributed by atoms with Crippen LogP contribution in [0, 0.1) is 5.92 Å². The lowest BCUT2D eigenvalue weighted by Crippen LogP contribution is -2.54. The van der Waals surface area contributed by atoms with Crippen molar-refractivity contribution >= 4 is 29.3 Å². The lowest BCUT2D eigenvalue weighted by Gasteiger charge is -2.49. The first-order chi connectivity index (χ1) is 12.7. The molecule has 0 heterocycles. The summed E-state index contributed by atoms with van der Waals surface area (Å²) in [4.78, 5) is 11.6. The zero-order chi connectivity index (χ0) is 20.0. The highest BCUT2D eigenvalue weighted by Gasteiger charge is 2.45. The van der Waals surface area contributed by atoms with E-state index in [2.05, 4.69) is 30.5 Å². The molecule has 0 spiro atoms. The second-order valence-corrected chi connectivity index (χ2v) is 8.97. The SMILES string of the molecule is CC(C)CC(NCCNC(=O)OC(C)C)C1(c2ccc(Cl)c(Cl)c2)CCC1. The molecule has 1 saturated carbocycles. The Hall–Kier alpha value is -0.970. The number of alkyl carbamates (subject to hydrolysis) is 1. The van der Waals surface area contributed by atoms with E-state index >= 15 is 0 Å². The predicted molar refractivity (Wildman–Crippen MR) is 113 cm³/mol. The van der Waals surface area contributed by atoms with E-state index in [0.29, 0.717) is 35.1 Å². The van der Waals surface area contributed by atoms with E-state index in [1.54, 1.807) is 0 Å². The lowest BCUT2D eigenvalue weighted by atomic mass is 9.59. The average Bonchev–Trinajstić information content (AvgIpc) is 2.52. The van der Waals surface area contributed by atoms with Gasteiger partial charge in [0.05, 0.1) is 16.1 Å². The Labute approximate surface area is 173 Å². The van der Waals surface area contributed by atoms with Gasteiger partial charge in [0.2, 0.25) is 0 Å². The van der Waals surface area contributed by atoms with Gasteiger partial charge in [0, 0.05) is 24.5 Å². The van der Waals surface area contributed by atoms with Crippen LogP contribution >= 0.6 is 23.2 Å². The van der Waals surface area contributed by atoms with E-state index in [1.165, 1.54) is 12.0 Å². The Morgan fingerprint density at radius 1 is 1.15 bits per heavy atom. The van der Waals surface area contributed by atoms with Gasteiger partial charge in [-0.1, -0.05) is 49.5 Å². The monoisotopic (exact) mass is 414 g/mol. The molecule has 27 heavy (non-hydrogen) atoms. The molecule has 2 rings (SSSR count). The van der Waals surface area contributed by atoms with E-state index in [4.69, 9.17) is 27.9 Å². The first-order valence-corrected chi connectivity index (χ1v) is 10.6. The number of ether oxygens (including phenoxy) is 1. The molecule has 4 nitrogen and oxygen atoms in total. The number of benzene rings is 1. The number of halogens is 2. The smallest absolute Gasteiger partial charge is 0.407 e. The molecule has 0 saturated heterocycles. The molecule has 1 atom stereocenters. The van der Waals surface area contributed by atoms with Crippen LogP contribution in [0.2, 0.25) is 10.0 Å². The molecule has 1 fully saturated rings. The molecule has 0 bridgehead atoms. The summed E-state index contributed by atoms with van der Waals surface area (Å²) in [5.41, 5.74) is 1.34. The molecule has 1 aliphatic carbocycles. The van der Waals surface area contributed by atoms with E-state index in [-0.39, 0.29) is 17.6 Å². The summed E-state index contributed by atoms with van der Waals surface area (Å²) in [7, 11) is 0. The standard InChI is InChI=1S/C21H32Cl2N2O2/c1-14(2)12-19(24-10-11-25-20(26)27-15(3)4)21(8-5-9-21)16-6-7-17(22)18(23)13-16/h6-7,13-15,19,24H,5,8-12H2,1-4H3,(H,25,26). The van der Waals surface area contributed by atoms with Crippen LogP contribution < -0.4 is 10.6 Å². The average molecular weight is 415 g/mol. The highest BCUT2D eigenvalue weighted by atomic mass is 35.5. The van der Waals surface area contributed by atoms with Crippen molar-refractivity contribution in [3.05, 3.63) is 33.8 Å². The molecule has 152 valence electrons. The molecule has 1 aliphatic rings. The van der Waals surface area contributed by atoms with Crippen molar-refractivity contribution in [1.82, 2.24) is 10.6 Å². The minimum atomic E-state index is -0.366. The molecule has 1 aromatic carbocycles. The largest absolute Gasteiger partial charge is 0.447 e. The van der Waals surface area contributed by atoms with Crippen molar-refractivity contribution in [1.29, 1.82) is 0 Å². The van der Waals surface area contributed by atoms with Gasteiger partial charge in [-0.15, -0.1) is 0 Å². The topological polar surface area (TPSA) is 50.4 Å². The summed E-state index contributed by atoms with van der Waals surface area (Å²) in [5, 5.41) is 7.70. The highest BCUT2D eigenvalue weighted by molar-refractivity contribution is 6.42. The van der Waals surface area contributed by atoms with Gasteiger partial charge in [0.15, 0.2) is 0 Å². The van der Waals surface area contributed by atoms with Gasteiger partial charge in [-0.2, -0.15) is 0 Å². The van der Waals surface area contributed by atoms with Crippen LogP contribution in [-0.4, -0.2) is 31.3 Å². The normalized spacial score (nSPS) is 16.9. The fraction of sp³-hybridized carbons (Fsp3) is 0.667. The van der Waals surface area contributed by atoms with E-state index in [0.717, 1.165) is 19.3 Å². The fourth-order valence-electron chi connectivity index (χ4n) is 3.84. The number of amides is 1. The first kappa shape index (κ1) is 22.3. The summed E-state index contributed by atoms with van der Waals surface area (Å²) in [6.07, 6.45) is 4.08. The summed E-state index contributed by atoms with van der Waals surface area (Å²) in [6, 6.07) is 6.36. The lowest BCUT2D eigenvalue weighted by molar-refractivity contribution is 0.115. The van der Waals surface area contributed by atoms with Crippen LogP contribution in [0.1, 0.15) is 58.9 Å². The Morgan fingerprint density at radius 2 is 1.85 bits per heavy atom. The predicted octanol–water partition coefficient (Wildman–Crippen LogP) is 5.55. The van der Waals surface area contributed by atoms with E-state index in [9.17, 15) is 4.79 Å². The number of hydrogen-bond donors (Lipinski definition) is 2. The molecule has 0 aliphatic heterocycles. The summed E-state index contributed by atoms with van der Waals surface area (Å²) >= 11 is 12.4. The summed E-state index contributed by atoms with van der Waals surface area (Å²) < 4.78 is 5.11. The Bertz CT molecular complexity index is 631. The number of carbonyl (C=O) groups excluding carboxylic acids is 1. The maximum atomic E-state index is 11.6. The zero-order valence-corrected chi connectivity index (χ0v) is 18.3. The molecule has 0 radical (unpaired) electrons. The van der Waals surface area contributed by atoms with Crippen LogP contribution in [-0.2, 0) is 10.2 Å². The van der Waals surface area contributed by atoms with Crippen LogP contribution in [0.15, 0.2) is 18.2 Å². The van der Waals surface area contributed by atoms with Crippen molar-refractivity contribution < 1.29 is 9.53 Å². The zero-order valence-electron chi connectivity index (χ0n) is 16.8. The third-order valence-corrected chi connectivity index (χ3v) is 5.98. The molecular formula is C21H32Cl2N2O2. The fourth-order valence-corrected chi connectivity index (χ4v) is 4.14. The van der Waals surface area contributed by atoms with Crippen molar-refractivity contribution in [3.8, 4) is 0 Å². The number of hydrogen-bond acceptors (Lipinski definition) is 3. The maximum Gasteiger partial charge on any atom is 0.407 e. The second-order valence-electron chi connectivity index (χ2n) is 8.16. The molecule has 0 aromatic heterocycles. The van der Waals surface area contributed by atoms with Gasteiger partial charge in [-0.3, -0.25) is 0 Å². The van der Waals surface area contributed by atoms with Crippen molar-refractivity contribution in [2.75, 3.05) is 13.1 Å². The molecule has 1 amide bonds. The van der Waals surface area contributed by atoms with Gasteiger partial charge in [-0.25, -0.2) is 4.79 Å². The summed E-state index contributed by atoms with van der Waals surface area (Å²) in [5.74, 6) is 0.571. The molecule has 6 heteroatoms. The van der Waals surface area contributed by atoms with E-state index in [1.807, 2.05) is 26.0 Å². The van der Waals surface area contributed by atoms with Crippen molar-refractivity contribution in [2.24, 2.45) is 5.92 Å². The van der Waals surface area contributed by atoms with Gasteiger partial charge in [-0.05, 0) is 56.7 Å².